The quantitative estimate of drug-likeness (QED) is 0.575. The highest BCUT2D eigenvalue weighted by Crippen LogP contribution is 2.35. The zero-order valence-electron chi connectivity index (χ0n) is 7.59. The Bertz CT molecular complexity index is 220. The van der Waals surface area contributed by atoms with Gasteiger partial charge in [-0.3, -0.25) is 4.79 Å². The molecule has 1 aliphatic rings. The number of rotatable bonds is 2. The largest absolute Gasteiger partial charge is 0.348 e. The van der Waals surface area contributed by atoms with Crippen molar-refractivity contribution in [1.29, 1.82) is 0 Å². The summed E-state index contributed by atoms with van der Waals surface area (Å²) in [7, 11) is 1.47. The summed E-state index contributed by atoms with van der Waals surface area (Å²) >= 11 is 0. The Morgan fingerprint density at radius 3 is 2.00 bits per heavy atom. The van der Waals surface area contributed by atoms with Gasteiger partial charge in [-0.2, -0.15) is 5.06 Å². The maximum atomic E-state index is 11.5. The van der Waals surface area contributed by atoms with E-state index in [0.29, 0.717) is 12.8 Å². The molecule has 1 amide bonds. The van der Waals surface area contributed by atoms with Crippen LogP contribution in [-0.4, -0.2) is 24.0 Å². The topological polar surface area (TPSA) is 46.6 Å². The fraction of sp³-hybridized carbons (Fsp3) is 0.750. The molecule has 4 heteroatoms. The van der Waals surface area contributed by atoms with Crippen molar-refractivity contribution in [2.75, 3.05) is 7.05 Å². The number of hydroxylamine groups is 2. The predicted molar refractivity (Wildman–Crippen MR) is 41.9 cm³/mol. The Morgan fingerprint density at radius 2 is 1.83 bits per heavy atom. The second-order valence-corrected chi connectivity index (χ2v) is 2.97. The molecule has 0 aliphatic carbocycles. The van der Waals surface area contributed by atoms with E-state index in [4.69, 9.17) is 4.84 Å². The third-order valence-corrected chi connectivity index (χ3v) is 2.51. The van der Waals surface area contributed by atoms with Gasteiger partial charge >= 0.3 is 5.97 Å². The van der Waals surface area contributed by atoms with Gasteiger partial charge in [0, 0.05) is 7.05 Å². The molecule has 0 aromatic heterocycles. The van der Waals surface area contributed by atoms with Gasteiger partial charge in [-0.15, -0.1) is 0 Å². The first-order chi connectivity index (χ1) is 5.58. The third kappa shape index (κ3) is 0.906. The van der Waals surface area contributed by atoms with Crippen molar-refractivity contribution in [3.05, 3.63) is 0 Å². The lowest BCUT2D eigenvalue weighted by Gasteiger charge is -2.16. The summed E-state index contributed by atoms with van der Waals surface area (Å²) in [5.41, 5.74) is -0.908. The van der Waals surface area contributed by atoms with Crippen LogP contribution in [-0.2, 0) is 14.4 Å². The van der Waals surface area contributed by atoms with Gasteiger partial charge in [0.15, 0.2) is 5.41 Å². The van der Waals surface area contributed by atoms with Crippen molar-refractivity contribution in [3.63, 3.8) is 0 Å². The lowest BCUT2D eigenvalue weighted by Crippen LogP contribution is -2.34. The van der Waals surface area contributed by atoms with E-state index >= 15 is 0 Å². The van der Waals surface area contributed by atoms with Crippen molar-refractivity contribution in [1.82, 2.24) is 5.06 Å². The molecule has 0 radical (unpaired) electrons. The molecule has 0 saturated carbocycles. The minimum absolute atomic E-state index is 0.225. The summed E-state index contributed by atoms with van der Waals surface area (Å²) < 4.78 is 0. The smallest absolute Gasteiger partial charge is 0.337 e. The number of carbonyl (C=O) groups is 2. The normalized spacial score (nSPS) is 21.4. The average molecular weight is 171 g/mol. The first kappa shape index (κ1) is 9.03. The number of hydrogen-bond donors (Lipinski definition) is 0. The molecule has 68 valence electrons. The van der Waals surface area contributed by atoms with E-state index in [-0.39, 0.29) is 5.91 Å². The fourth-order valence-electron chi connectivity index (χ4n) is 1.48. The summed E-state index contributed by atoms with van der Waals surface area (Å²) in [5.74, 6) is -0.641. The highest BCUT2D eigenvalue weighted by molar-refractivity contribution is 6.05. The lowest BCUT2D eigenvalue weighted by molar-refractivity contribution is -0.173. The Kier molecular flexibility index (Phi) is 2.08. The molecule has 0 bridgehead atoms. The van der Waals surface area contributed by atoms with Gasteiger partial charge in [-0.25, -0.2) is 4.79 Å². The van der Waals surface area contributed by atoms with Gasteiger partial charge in [0.2, 0.25) is 0 Å². The van der Waals surface area contributed by atoms with Crippen LogP contribution >= 0.6 is 0 Å². The van der Waals surface area contributed by atoms with Gasteiger partial charge in [-0.1, -0.05) is 13.8 Å². The van der Waals surface area contributed by atoms with Crippen LogP contribution in [0.3, 0.4) is 0 Å². The van der Waals surface area contributed by atoms with Crippen molar-refractivity contribution >= 4 is 11.9 Å². The van der Waals surface area contributed by atoms with Gasteiger partial charge in [0.05, 0.1) is 0 Å². The minimum atomic E-state index is -0.908. The molecule has 1 saturated heterocycles. The van der Waals surface area contributed by atoms with Crippen molar-refractivity contribution in [3.8, 4) is 0 Å². The number of amides is 1. The molecule has 12 heavy (non-hydrogen) atoms. The number of nitrogens with zero attached hydrogens (tertiary/aromatic N) is 1. The molecule has 1 aliphatic heterocycles. The molecule has 0 aromatic rings. The molecular weight excluding hydrogens is 158 g/mol. The van der Waals surface area contributed by atoms with Crippen LogP contribution in [0.15, 0.2) is 0 Å². The molecule has 0 aromatic carbocycles. The van der Waals surface area contributed by atoms with Crippen LogP contribution in [0.2, 0.25) is 0 Å². The molecule has 1 fully saturated rings. The van der Waals surface area contributed by atoms with Gasteiger partial charge in [0.25, 0.3) is 5.91 Å². The Labute approximate surface area is 71.4 Å². The highest BCUT2D eigenvalue weighted by Gasteiger charge is 2.53. The number of carbonyl (C=O) groups excluding carboxylic acids is 2. The van der Waals surface area contributed by atoms with Crippen molar-refractivity contribution in [2.45, 2.75) is 26.7 Å². The minimum Gasteiger partial charge on any atom is -0.337 e. The van der Waals surface area contributed by atoms with Crippen LogP contribution in [0.4, 0.5) is 0 Å². The predicted octanol–water partition coefficient (Wildman–Crippen LogP) is 0.723. The summed E-state index contributed by atoms with van der Waals surface area (Å²) in [6, 6.07) is 0. The van der Waals surface area contributed by atoms with E-state index < -0.39 is 11.4 Å². The second kappa shape index (κ2) is 2.77. The molecule has 4 nitrogen and oxygen atoms in total. The Balaban J connectivity index is 3.01. The third-order valence-electron chi connectivity index (χ3n) is 2.51. The maximum Gasteiger partial charge on any atom is 0.348 e. The summed E-state index contributed by atoms with van der Waals surface area (Å²) in [6.07, 6.45) is 1.01. The Morgan fingerprint density at radius 1 is 1.33 bits per heavy atom. The van der Waals surface area contributed by atoms with Crippen LogP contribution in [0.5, 0.6) is 0 Å². The second-order valence-electron chi connectivity index (χ2n) is 2.97. The van der Waals surface area contributed by atoms with E-state index in [0.717, 1.165) is 5.06 Å². The van der Waals surface area contributed by atoms with Crippen molar-refractivity contribution in [2.24, 2.45) is 5.41 Å². The molecule has 0 spiro atoms. The SMILES string of the molecule is CCC1(CC)C(=O)ON(C)C1=O. The van der Waals surface area contributed by atoms with E-state index in [1.807, 2.05) is 13.8 Å². The van der Waals surface area contributed by atoms with E-state index in [2.05, 4.69) is 0 Å². The number of hydrogen-bond acceptors (Lipinski definition) is 3. The molecule has 1 rings (SSSR count). The van der Waals surface area contributed by atoms with Crippen molar-refractivity contribution < 1.29 is 14.4 Å². The van der Waals surface area contributed by atoms with Crippen LogP contribution in [0.1, 0.15) is 26.7 Å². The van der Waals surface area contributed by atoms with Gasteiger partial charge in [0.1, 0.15) is 0 Å². The summed E-state index contributed by atoms with van der Waals surface area (Å²) in [4.78, 5) is 27.5. The average Bonchev–Trinajstić information content (AvgIpc) is 2.26. The zero-order valence-corrected chi connectivity index (χ0v) is 7.59. The molecule has 0 atom stereocenters. The monoisotopic (exact) mass is 171 g/mol. The molecule has 0 unspecified atom stereocenters. The van der Waals surface area contributed by atoms with Gasteiger partial charge in [-0.05, 0) is 12.8 Å². The summed E-state index contributed by atoms with van der Waals surface area (Å²) in [5, 5.41) is 1.02. The van der Waals surface area contributed by atoms with E-state index in [1.54, 1.807) is 0 Å². The standard InChI is InChI=1S/C8H13NO3/c1-4-8(5-2)6(10)9(3)12-7(8)11/h4-5H2,1-3H3. The fourth-order valence-corrected chi connectivity index (χ4v) is 1.48. The van der Waals surface area contributed by atoms with Crippen LogP contribution in [0, 0.1) is 5.41 Å². The summed E-state index contributed by atoms with van der Waals surface area (Å²) in [6.45, 7) is 3.64. The van der Waals surface area contributed by atoms with Gasteiger partial charge < -0.3 is 4.84 Å². The van der Waals surface area contributed by atoms with Crippen LogP contribution in [0.25, 0.3) is 0 Å². The van der Waals surface area contributed by atoms with E-state index in [9.17, 15) is 9.59 Å². The van der Waals surface area contributed by atoms with E-state index in [1.165, 1.54) is 7.05 Å². The first-order valence-corrected chi connectivity index (χ1v) is 4.09. The van der Waals surface area contributed by atoms with Crippen LogP contribution < -0.4 is 0 Å². The maximum absolute atomic E-state index is 11.5. The lowest BCUT2D eigenvalue weighted by atomic mass is 9.82. The zero-order chi connectivity index (χ0) is 9.35. The molecule has 1 heterocycles. The molecular formula is C8H13NO3. The first-order valence-electron chi connectivity index (χ1n) is 4.09. The Hall–Kier alpha value is -1.06. The molecule has 0 N–H and O–H groups in total. The highest BCUT2D eigenvalue weighted by atomic mass is 16.7.